The van der Waals surface area contributed by atoms with Gasteiger partial charge in [0.05, 0.1) is 5.60 Å². The van der Waals surface area contributed by atoms with E-state index in [2.05, 4.69) is 5.32 Å². The van der Waals surface area contributed by atoms with Crippen LogP contribution in [0.2, 0.25) is 0 Å². The van der Waals surface area contributed by atoms with Crippen LogP contribution >= 0.6 is 11.8 Å². The molecular weight excluding hydrogens is 237 g/mol. The largest absolute Gasteiger partial charge is 0.377 e. The predicted molar refractivity (Wildman–Crippen MR) is 69.0 cm³/mol. The first kappa shape index (κ1) is 12.9. The molecule has 94 valence electrons. The van der Waals surface area contributed by atoms with Crippen LogP contribution in [0.5, 0.6) is 0 Å². The zero-order valence-electron chi connectivity index (χ0n) is 10.0. The third-order valence-electron chi connectivity index (χ3n) is 3.25. The zero-order chi connectivity index (χ0) is 12.1. The molecule has 0 unspecified atom stereocenters. The summed E-state index contributed by atoms with van der Waals surface area (Å²) in [6, 6.07) is 6.74. The Kier molecular flexibility index (Phi) is 4.42. The van der Waals surface area contributed by atoms with Crippen LogP contribution in [-0.4, -0.2) is 31.6 Å². The maximum Gasteiger partial charge on any atom is 0.124 e. The fraction of sp³-hybridized carbons (Fsp3) is 0.538. The molecule has 0 saturated carbocycles. The van der Waals surface area contributed by atoms with Crippen molar-refractivity contribution in [1.82, 2.24) is 5.32 Å². The Morgan fingerprint density at radius 2 is 2.18 bits per heavy atom. The van der Waals surface area contributed by atoms with Crippen molar-refractivity contribution in [2.45, 2.75) is 23.3 Å². The van der Waals surface area contributed by atoms with E-state index in [1.54, 1.807) is 31.0 Å². The second kappa shape index (κ2) is 5.85. The average Bonchev–Trinajstić information content (AvgIpc) is 2.38. The Balaban J connectivity index is 1.95. The molecule has 0 aromatic heterocycles. The summed E-state index contributed by atoms with van der Waals surface area (Å²) in [7, 11) is 1.78. The summed E-state index contributed by atoms with van der Waals surface area (Å²) in [4.78, 5) is 0.972. The molecule has 1 aliphatic heterocycles. The Hall–Kier alpha value is -0.580. The van der Waals surface area contributed by atoms with E-state index in [1.165, 1.54) is 6.07 Å². The third-order valence-corrected chi connectivity index (χ3v) is 4.50. The van der Waals surface area contributed by atoms with E-state index < -0.39 is 0 Å². The smallest absolute Gasteiger partial charge is 0.124 e. The molecule has 0 aliphatic carbocycles. The van der Waals surface area contributed by atoms with Crippen molar-refractivity contribution in [2.75, 3.05) is 26.0 Å². The molecule has 1 heterocycles. The third kappa shape index (κ3) is 3.44. The zero-order valence-corrected chi connectivity index (χ0v) is 10.9. The highest BCUT2D eigenvalue weighted by Gasteiger charge is 2.31. The molecule has 2 nitrogen and oxygen atoms in total. The molecule has 1 fully saturated rings. The van der Waals surface area contributed by atoms with E-state index in [0.717, 1.165) is 36.6 Å². The molecule has 1 N–H and O–H groups in total. The van der Waals surface area contributed by atoms with Crippen molar-refractivity contribution < 1.29 is 9.13 Å². The lowest BCUT2D eigenvalue weighted by Crippen LogP contribution is -2.45. The minimum atomic E-state index is -0.174. The summed E-state index contributed by atoms with van der Waals surface area (Å²) in [5.41, 5.74) is -0.0533. The van der Waals surface area contributed by atoms with E-state index in [-0.39, 0.29) is 11.4 Å². The number of rotatable bonds is 4. The van der Waals surface area contributed by atoms with Crippen molar-refractivity contribution in [3.63, 3.8) is 0 Å². The number of thioether (sulfide) groups is 1. The highest BCUT2D eigenvalue weighted by Crippen LogP contribution is 2.30. The summed E-state index contributed by atoms with van der Waals surface area (Å²) in [5, 5.41) is 3.33. The molecule has 1 aromatic rings. The summed E-state index contributed by atoms with van der Waals surface area (Å²) < 4.78 is 18.7. The molecule has 0 spiro atoms. The van der Waals surface area contributed by atoms with Gasteiger partial charge in [-0.1, -0.05) is 6.07 Å². The van der Waals surface area contributed by atoms with Crippen LogP contribution in [0.25, 0.3) is 0 Å². The fourth-order valence-electron chi connectivity index (χ4n) is 2.06. The first-order valence-electron chi connectivity index (χ1n) is 5.88. The van der Waals surface area contributed by atoms with Crippen LogP contribution in [0.1, 0.15) is 12.8 Å². The van der Waals surface area contributed by atoms with Crippen LogP contribution in [-0.2, 0) is 4.74 Å². The molecule has 17 heavy (non-hydrogen) atoms. The number of benzene rings is 1. The fourth-order valence-corrected chi connectivity index (χ4v) is 3.27. The van der Waals surface area contributed by atoms with Gasteiger partial charge in [0.15, 0.2) is 0 Å². The number of piperidine rings is 1. The van der Waals surface area contributed by atoms with Gasteiger partial charge in [0.2, 0.25) is 0 Å². The van der Waals surface area contributed by atoms with E-state index >= 15 is 0 Å². The highest BCUT2D eigenvalue weighted by molar-refractivity contribution is 7.99. The molecule has 0 amide bonds. The highest BCUT2D eigenvalue weighted by atomic mass is 32.2. The normalized spacial score (nSPS) is 19.2. The number of hydrogen-bond acceptors (Lipinski definition) is 3. The Morgan fingerprint density at radius 1 is 1.41 bits per heavy atom. The molecule has 1 aliphatic rings. The van der Waals surface area contributed by atoms with Crippen LogP contribution in [0.3, 0.4) is 0 Å². The standard InChI is InChI=1S/C13H18FNOS/c1-16-13(5-7-15-8-6-13)10-17-12-4-2-3-11(14)9-12/h2-4,9,15H,5-8,10H2,1H3. The lowest BCUT2D eigenvalue weighted by atomic mass is 9.94. The molecule has 2 rings (SSSR count). The van der Waals surface area contributed by atoms with E-state index in [4.69, 9.17) is 4.74 Å². The Labute approximate surface area is 106 Å². The number of ether oxygens (including phenoxy) is 1. The summed E-state index contributed by atoms with van der Waals surface area (Å²) in [6.07, 6.45) is 2.04. The van der Waals surface area contributed by atoms with Crippen molar-refractivity contribution in [2.24, 2.45) is 0 Å². The number of methoxy groups -OCH3 is 1. The minimum Gasteiger partial charge on any atom is -0.377 e. The second-order valence-electron chi connectivity index (χ2n) is 4.38. The second-order valence-corrected chi connectivity index (χ2v) is 5.43. The average molecular weight is 255 g/mol. The van der Waals surface area contributed by atoms with Crippen molar-refractivity contribution in [3.05, 3.63) is 30.1 Å². The maximum absolute atomic E-state index is 13.1. The van der Waals surface area contributed by atoms with Gasteiger partial charge < -0.3 is 10.1 Å². The van der Waals surface area contributed by atoms with Crippen molar-refractivity contribution in [3.8, 4) is 0 Å². The van der Waals surface area contributed by atoms with Gasteiger partial charge in [0.1, 0.15) is 5.82 Å². The lowest BCUT2D eigenvalue weighted by molar-refractivity contribution is -0.0136. The molecule has 1 saturated heterocycles. The Morgan fingerprint density at radius 3 is 2.82 bits per heavy atom. The van der Waals surface area contributed by atoms with Gasteiger partial charge in [0.25, 0.3) is 0 Å². The summed E-state index contributed by atoms with van der Waals surface area (Å²) in [5.74, 6) is 0.709. The van der Waals surface area contributed by atoms with Gasteiger partial charge in [0, 0.05) is 17.8 Å². The predicted octanol–water partition coefficient (Wildman–Crippen LogP) is 2.69. The van der Waals surface area contributed by atoms with Gasteiger partial charge >= 0.3 is 0 Å². The monoisotopic (exact) mass is 255 g/mol. The van der Waals surface area contributed by atoms with Crippen molar-refractivity contribution in [1.29, 1.82) is 0 Å². The first-order valence-corrected chi connectivity index (χ1v) is 6.87. The number of hydrogen-bond donors (Lipinski definition) is 1. The maximum atomic E-state index is 13.1. The lowest BCUT2D eigenvalue weighted by Gasteiger charge is -2.36. The number of nitrogens with one attached hydrogen (secondary N) is 1. The minimum absolute atomic E-state index is 0.0533. The van der Waals surface area contributed by atoms with Crippen LogP contribution in [0.15, 0.2) is 29.2 Å². The summed E-state index contributed by atoms with van der Waals surface area (Å²) >= 11 is 1.67. The van der Waals surface area contributed by atoms with Crippen LogP contribution in [0, 0.1) is 5.82 Å². The van der Waals surface area contributed by atoms with E-state index in [9.17, 15) is 4.39 Å². The molecule has 0 bridgehead atoms. The van der Waals surface area contributed by atoms with E-state index in [1.807, 2.05) is 6.07 Å². The molecule has 1 aromatic carbocycles. The number of halogens is 1. The SMILES string of the molecule is COC1(CSc2cccc(F)c2)CCNCC1. The van der Waals surface area contributed by atoms with Gasteiger partial charge in [-0.15, -0.1) is 11.8 Å². The van der Waals surface area contributed by atoms with E-state index in [0.29, 0.717) is 0 Å². The molecular formula is C13H18FNOS. The molecule has 0 atom stereocenters. The molecule has 4 heteroatoms. The van der Waals surface area contributed by atoms with Crippen molar-refractivity contribution >= 4 is 11.8 Å². The topological polar surface area (TPSA) is 21.3 Å². The van der Waals surface area contributed by atoms with Gasteiger partial charge in [-0.05, 0) is 44.1 Å². The van der Waals surface area contributed by atoms with Crippen LogP contribution < -0.4 is 5.32 Å². The van der Waals surface area contributed by atoms with Gasteiger partial charge in [-0.25, -0.2) is 4.39 Å². The van der Waals surface area contributed by atoms with Crippen LogP contribution in [0.4, 0.5) is 4.39 Å². The Bertz CT molecular complexity index is 366. The van der Waals surface area contributed by atoms with Gasteiger partial charge in [-0.3, -0.25) is 0 Å². The van der Waals surface area contributed by atoms with Gasteiger partial charge in [-0.2, -0.15) is 0 Å². The first-order chi connectivity index (χ1) is 8.24. The quantitative estimate of drug-likeness (QED) is 0.836. The summed E-state index contributed by atoms with van der Waals surface area (Å²) in [6.45, 7) is 2.00. The molecule has 0 radical (unpaired) electrons.